The summed E-state index contributed by atoms with van der Waals surface area (Å²) in [5.74, 6) is 0.550. The number of rotatable bonds is 5. The zero-order chi connectivity index (χ0) is 16.6. The summed E-state index contributed by atoms with van der Waals surface area (Å²) in [4.78, 5) is 20.7. The third-order valence-corrected chi connectivity index (χ3v) is 4.39. The second kappa shape index (κ2) is 8.43. The van der Waals surface area contributed by atoms with E-state index >= 15 is 0 Å². The fourth-order valence-corrected chi connectivity index (χ4v) is 3.02. The number of nitrogens with one attached hydrogen (secondary N) is 2. The third-order valence-electron chi connectivity index (χ3n) is 4.39. The van der Waals surface area contributed by atoms with Crippen LogP contribution in [-0.2, 0) is 6.54 Å². The minimum Gasteiger partial charge on any atom is -0.366 e. The molecule has 0 radical (unpaired) electrons. The molecule has 1 aliphatic carbocycles. The highest BCUT2D eigenvalue weighted by atomic mass is 16.1. The lowest BCUT2D eigenvalue weighted by molar-refractivity contribution is 0.0945. The van der Waals surface area contributed by atoms with Gasteiger partial charge in [0.1, 0.15) is 11.5 Å². The van der Waals surface area contributed by atoms with E-state index in [0.29, 0.717) is 18.3 Å². The second-order valence-corrected chi connectivity index (χ2v) is 6.29. The summed E-state index contributed by atoms with van der Waals surface area (Å²) in [6.07, 6.45) is 10.7. The van der Waals surface area contributed by atoms with Gasteiger partial charge in [-0.15, -0.1) is 0 Å². The molecule has 3 rings (SSSR count). The minimum absolute atomic E-state index is 0.202. The molecule has 1 aromatic carbocycles. The summed E-state index contributed by atoms with van der Waals surface area (Å²) in [7, 11) is 0. The van der Waals surface area contributed by atoms with Gasteiger partial charge in [0.15, 0.2) is 0 Å². The molecule has 5 nitrogen and oxygen atoms in total. The molecule has 126 valence electrons. The summed E-state index contributed by atoms with van der Waals surface area (Å²) in [6, 6.07) is 10.3. The highest BCUT2D eigenvalue weighted by molar-refractivity contribution is 5.91. The summed E-state index contributed by atoms with van der Waals surface area (Å²) in [5, 5.41) is 6.30. The first-order valence-corrected chi connectivity index (χ1v) is 8.72. The SMILES string of the molecule is O=C(NCc1ccccc1)c1cnc(NC2CCCCCC2)cn1. The topological polar surface area (TPSA) is 66.9 Å². The van der Waals surface area contributed by atoms with Gasteiger partial charge in [0.25, 0.3) is 5.91 Å². The van der Waals surface area contributed by atoms with Crippen molar-refractivity contribution in [3.05, 3.63) is 54.0 Å². The lowest BCUT2D eigenvalue weighted by atomic mass is 10.1. The van der Waals surface area contributed by atoms with Crippen LogP contribution in [0.2, 0.25) is 0 Å². The van der Waals surface area contributed by atoms with Crippen LogP contribution in [0.5, 0.6) is 0 Å². The predicted octanol–water partition coefficient (Wildman–Crippen LogP) is 3.54. The van der Waals surface area contributed by atoms with E-state index < -0.39 is 0 Å². The average Bonchev–Trinajstić information content (AvgIpc) is 2.90. The van der Waals surface area contributed by atoms with Gasteiger partial charge in [-0.2, -0.15) is 0 Å². The molecule has 1 aromatic heterocycles. The van der Waals surface area contributed by atoms with Crippen LogP contribution in [0.25, 0.3) is 0 Å². The molecule has 1 heterocycles. The fraction of sp³-hybridized carbons (Fsp3) is 0.421. The first-order chi connectivity index (χ1) is 11.8. The van der Waals surface area contributed by atoms with Gasteiger partial charge in [0, 0.05) is 12.6 Å². The predicted molar refractivity (Wildman–Crippen MR) is 94.8 cm³/mol. The third kappa shape index (κ3) is 4.78. The van der Waals surface area contributed by atoms with Gasteiger partial charge >= 0.3 is 0 Å². The number of carbonyl (C=O) groups excluding carboxylic acids is 1. The van der Waals surface area contributed by atoms with Crippen molar-refractivity contribution in [3.63, 3.8) is 0 Å². The molecule has 1 amide bonds. The summed E-state index contributed by atoms with van der Waals surface area (Å²) < 4.78 is 0. The number of benzene rings is 1. The van der Waals surface area contributed by atoms with Gasteiger partial charge in [-0.25, -0.2) is 9.97 Å². The molecule has 0 atom stereocenters. The Labute approximate surface area is 142 Å². The summed E-state index contributed by atoms with van der Waals surface area (Å²) in [5.41, 5.74) is 1.41. The van der Waals surface area contributed by atoms with Crippen molar-refractivity contribution in [2.24, 2.45) is 0 Å². The number of anilines is 1. The summed E-state index contributed by atoms with van der Waals surface area (Å²) >= 11 is 0. The van der Waals surface area contributed by atoms with Crippen LogP contribution in [-0.4, -0.2) is 21.9 Å². The van der Waals surface area contributed by atoms with E-state index in [1.54, 1.807) is 12.4 Å². The molecule has 24 heavy (non-hydrogen) atoms. The summed E-state index contributed by atoms with van der Waals surface area (Å²) in [6.45, 7) is 0.490. The largest absolute Gasteiger partial charge is 0.366 e. The maximum absolute atomic E-state index is 12.1. The number of carbonyl (C=O) groups is 1. The second-order valence-electron chi connectivity index (χ2n) is 6.29. The number of nitrogens with zero attached hydrogens (tertiary/aromatic N) is 2. The molecule has 2 aromatic rings. The zero-order valence-corrected chi connectivity index (χ0v) is 13.9. The van der Waals surface area contributed by atoms with E-state index in [1.165, 1.54) is 38.5 Å². The fourth-order valence-electron chi connectivity index (χ4n) is 3.02. The zero-order valence-electron chi connectivity index (χ0n) is 13.9. The minimum atomic E-state index is -0.202. The molecule has 1 aliphatic rings. The van der Waals surface area contributed by atoms with Gasteiger partial charge in [0.05, 0.1) is 12.4 Å². The first kappa shape index (κ1) is 16.4. The quantitative estimate of drug-likeness (QED) is 0.826. The lowest BCUT2D eigenvalue weighted by Crippen LogP contribution is -2.24. The molecule has 0 spiro atoms. The molecule has 0 saturated heterocycles. The molecule has 0 unspecified atom stereocenters. The van der Waals surface area contributed by atoms with Crippen molar-refractivity contribution in [3.8, 4) is 0 Å². The number of hydrogen-bond acceptors (Lipinski definition) is 4. The average molecular weight is 324 g/mol. The standard InChI is InChI=1S/C19H24N4O/c24-19(22-12-15-8-4-3-5-9-15)17-13-21-18(14-20-17)23-16-10-6-1-2-7-11-16/h3-5,8-9,13-14,16H,1-2,6-7,10-12H2,(H,21,23)(H,22,24). The lowest BCUT2D eigenvalue weighted by Gasteiger charge is -2.16. The van der Waals surface area contributed by atoms with Crippen molar-refractivity contribution >= 4 is 11.7 Å². The van der Waals surface area contributed by atoms with E-state index in [0.717, 1.165) is 11.4 Å². The van der Waals surface area contributed by atoms with Crippen molar-refractivity contribution < 1.29 is 4.79 Å². The van der Waals surface area contributed by atoms with E-state index in [2.05, 4.69) is 20.6 Å². The Bertz CT molecular complexity index is 634. The van der Waals surface area contributed by atoms with Crippen molar-refractivity contribution in [1.29, 1.82) is 0 Å². The van der Waals surface area contributed by atoms with Crippen LogP contribution in [0.15, 0.2) is 42.7 Å². The van der Waals surface area contributed by atoms with Crippen LogP contribution in [0.1, 0.15) is 54.6 Å². The Kier molecular flexibility index (Phi) is 5.77. The molecular formula is C19H24N4O. The van der Waals surface area contributed by atoms with Crippen LogP contribution in [0, 0.1) is 0 Å². The smallest absolute Gasteiger partial charge is 0.271 e. The van der Waals surface area contributed by atoms with Crippen LogP contribution >= 0.6 is 0 Å². The highest BCUT2D eigenvalue weighted by Crippen LogP contribution is 2.20. The van der Waals surface area contributed by atoms with E-state index in [9.17, 15) is 4.79 Å². The Morgan fingerprint density at radius 1 is 1.00 bits per heavy atom. The Morgan fingerprint density at radius 2 is 1.75 bits per heavy atom. The van der Waals surface area contributed by atoms with Crippen LogP contribution in [0.3, 0.4) is 0 Å². The van der Waals surface area contributed by atoms with E-state index in [1.807, 2.05) is 30.3 Å². The Balaban J connectivity index is 1.52. The van der Waals surface area contributed by atoms with Crippen LogP contribution < -0.4 is 10.6 Å². The van der Waals surface area contributed by atoms with Crippen molar-refractivity contribution in [2.75, 3.05) is 5.32 Å². The van der Waals surface area contributed by atoms with Gasteiger partial charge in [-0.1, -0.05) is 56.0 Å². The molecule has 1 fully saturated rings. The highest BCUT2D eigenvalue weighted by Gasteiger charge is 2.13. The molecule has 0 bridgehead atoms. The molecule has 5 heteroatoms. The van der Waals surface area contributed by atoms with E-state index in [4.69, 9.17) is 0 Å². The molecular weight excluding hydrogens is 300 g/mol. The van der Waals surface area contributed by atoms with Gasteiger partial charge in [0.2, 0.25) is 0 Å². The van der Waals surface area contributed by atoms with Crippen LogP contribution in [0.4, 0.5) is 5.82 Å². The monoisotopic (exact) mass is 324 g/mol. The van der Waals surface area contributed by atoms with Gasteiger partial charge in [-0.05, 0) is 18.4 Å². The molecule has 0 aliphatic heterocycles. The van der Waals surface area contributed by atoms with Crippen molar-refractivity contribution in [1.82, 2.24) is 15.3 Å². The first-order valence-electron chi connectivity index (χ1n) is 8.72. The Morgan fingerprint density at radius 3 is 2.42 bits per heavy atom. The van der Waals surface area contributed by atoms with Gasteiger partial charge in [-0.3, -0.25) is 4.79 Å². The molecule has 1 saturated carbocycles. The maximum Gasteiger partial charge on any atom is 0.271 e. The van der Waals surface area contributed by atoms with E-state index in [-0.39, 0.29) is 5.91 Å². The normalized spacial score (nSPS) is 15.5. The van der Waals surface area contributed by atoms with Gasteiger partial charge < -0.3 is 10.6 Å². The number of aromatic nitrogens is 2. The van der Waals surface area contributed by atoms with Crippen molar-refractivity contribution in [2.45, 2.75) is 51.1 Å². The number of hydrogen-bond donors (Lipinski definition) is 2. The maximum atomic E-state index is 12.1. The number of amides is 1. The molecule has 2 N–H and O–H groups in total. The Hall–Kier alpha value is -2.43.